The van der Waals surface area contributed by atoms with Crippen LogP contribution in [0, 0.1) is 12.7 Å². The molecule has 0 bridgehead atoms. The van der Waals surface area contributed by atoms with Crippen LogP contribution in [0.15, 0.2) is 41.3 Å². The Bertz CT molecular complexity index is 779. The molecule has 0 unspecified atom stereocenters. The second-order valence-corrected chi connectivity index (χ2v) is 6.61. The lowest BCUT2D eigenvalue weighted by molar-refractivity contribution is 0.593. The third-order valence-electron chi connectivity index (χ3n) is 2.98. The molecule has 0 aromatic heterocycles. The van der Waals surface area contributed by atoms with Crippen molar-refractivity contribution >= 4 is 27.3 Å². The molecule has 0 aliphatic rings. The molecule has 0 spiro atoms. The Labute approximate surface area is 127 Å². The molecule has 0 aliphatic heterocycles. The average molecular weight is 329 g/mol. The number of aryl methyl sites for hydroxylation is 1. The molecule has 7 heteroatoms. The summed E-state index contributed by atoms with van der Waals surface area (Å²) in [4.78, 5) is -0.177. The Balaban J connectivity index is 2.48. The lowest BCUT2D eigenvalue weighted by atomic mass is 10.2. The van der Waals surface area contributed by atoms with Crippen LogP contribution < -0.4 is 10.5 Å². The molecule has 21 heavy (non-hydrogen) atoms. The van der Waals surface area contributed by atoms with Gasteiger partial charge < -0.3 is 5.73 Å². The van der Waals surface area contributed by atoms with Crippen molar-refractivity contribution in [2.75, 3.05) is 4.72 Å². The van der Waals surface area contributed by atoms with Crippen molar-refractivity contribution in [1.82, 2.24) is 0 Å². The molecular formula is C14H14ClFN2O2S. The van der Waals surface area contributed by atoms with E-state index in [9.17, 15) is 12.8 Å². The molecule has 3 N–H and O–H groups in total. The quantitative estimate of drug-likeness (QED) is 0.906. The van der Waals surface area contributed by atoms with Crippen molar-refractivity contribution in [3.05, 3.63) is 58.4 Å². The maximum atomic E-state index is 13.3. The van der Waals surface area contributed by atoms with Crippen molar-refractivity contribution < 1.29 is 12.8 Å². The molecule has 2 aromatic rings. The molecule has 2 rings (SSSR count). The summed E-state index contributed by atoms with van der Waals surface area (Å²) in [7, 11) is -3.95. The number of halogens is 2. The predicted octanol–water partition coefficient (Wildman–Crippen LogP) is 3.05. The molecule has 0 atom stereocenters. The lowest BCUT2D eigenvalue weighted by Crippen LogP contribution is -2.17. The van der Waals surface area contributed by atoms with Crippen LogP contribution >= 0.6 is 11.6 Å². The second-order valence-electron chi connectivity index (χ2n) is 4.52. The SMILES string of the molecule is Cc1ccc(Cl)cc1NS(=O)(=O)c1cc(F)ccc1CN. The molecule has 0 fully saturated rings. The molecule has 0 heterocycles. The minimum absolute atomic E-state index is 0.00888. The monoisotopic (exact) mass is 328 g/mol. The molecule has 0 saturated carbocycles. The van der Waals surface area contributed by atoms with Gasteiger partial charge in [-0.25, -0.2) is 12.8 Å². The summed E-state index contributed by atoms with van der Waals surface area (Å²) >= 11 is 5.86. The van der Waals surface area contributed by atoms with E-state index < -0.39 is 15.8 Å². The predicted molar refractivity (Wildman–Crippen MR) is 81.3 cm³/mol. The largest absolute Gasteiger partial charge is 0.326 e. The molecule has 0 aliphatic carbocycles. The van der Waals surface area contributed by atoms with Crippen LogP contribution in [-0.4, -0.2) is 8.42 Å². The van der Waals surface area contributed by atoms with Crippen molar-refractivity contribution in [3.8, 4) is 0 Å². The maximum absolute atomic E-state index is 13.3. The summed E-state index contributed by atoms with van der Waals surface area (Å²) in [5.41, 5.74) is 6.89. The summed E-state index contributed by atoms with van der Waals surface area (Å²) in [6.07, 6.45) is 0. The number of hydrogen-bond donors (Lipinski definition) is 2. The van der Waals surface area contributed by atoms with Gasteiger partial charge in [0.1, 0.15) is 5.82 Å². The zero-order valence-electron chi connectivity index (χ0n) is 11.2. The number of benzene rings is 2. The fourth-order valence-electron chi connectivity index (χ4n) is 1.85. The summed E-state index contributed by atoms with van der Waals surface area (Å²) in [6, 6.07) is 8.32. The van der Waals surface area contributed by atoms with Crippen LogP contribution in [0.2, 0.25) is 5.02 Å². The Morgan fingerprint density at radius 3 is 2.62 bits per heavy atom. The molecule has 0 amide bonds. The van der Waals surface area contributed by atoms with Gasteiger partial charge in [0.15, 0.2) is 0 Å². The van der Waals surface area contributed by atoms with Gasteiger partial charge in [-0.05, 0) is 42.3 Å². The van der Waals surface area contributed by atoms with E-state index >= 15 is 0 Å². The minimum atomic E-state index is -3.95. The highest BCUT2D eigenvalue weighted by Gasteiger charge is 2.20. The standard InChI is InChI=1S/C14H14ClFN2O2S/c1-9-2-4-11(15)6-13(9)18-21(19,20)14-7-12(16)5-3-10(14)8-17/h2-7,18H,8,17H2,1H3. The van der Waals surface area contributed by atoms with Crippen LogP contribution in [0.4, 0.5) is 10.1 Å². The molecule has 0 saturated heterocycles. The van der Waals surface area contributed by atoms with Crippen molar-refractivity contribution in [2.24, 2.45) is 5.73 Å². The first-order valence-corrected chi connectivity index (χ1v) is 7.97. The maximum Gasteiger partial charge on any atom is 0.262 e. The van der Waals surface area contributed by atoms with Crippen molar-refractivity contribution in [2.45, 2.75) is 18.4 Å². The van der Waals surface area contributed by atoms with Crippen LogP contribution in [0.25, 0.3) is 0 Å². The first kappa shape index (κ1) is 15.8. The minimum Gasteiger partial charge on any atom is -0.326 e. The number of rotatable bonds is 4. The second kappa shape index (κ2) is 6.01. The smallest absolute Gasteiger partial charge is 0.262 e. The van der Waals surface area contributed by atoms with Crippen LogP contribution in [0.3, 0.4) is 0 Å². The van der Waals surface area contributed by atoms with Gasteiger partial charge in [0.25, 0.3) is 10.0 Å². The van der Waals surface area contributed by atoms with Gasteiger partial charge in [-0.3, -0.25) is 4.72 Å². The number of anilines is 1. The van der Waals surface area contributed by atoms with E-state index in [1.165, 1.54) is 18.2 Å². The summed E-state index contributed by atoms with van der Waals surface area (Å²) in [5.74, 6) is -0.643. The number of nitrogens with one attached hydrogen (secondary N) is 1. The molecular weight excluding hydrogens is 315 g/mol. The number of nitrogens with two attached hydrogens (primary N) is 1. The average Bonchev–Trinajstić information content (AvgIpc) is 2.42. The molecule has 0 radical (unpaired) electrons. The first-order chi connectivity index (χ1) is 9.83. The molecule has 112 valence electrons. The Hall–Kier alpha value is -1.63. The van der Waals surface area contributed by atoms with E-state index in [0.717, 1.165) is 6.07 Å². The van der Waals surface area contributed by atoms with E-state index in [2.05, 4.69) is 4.72 Å². The summed E-state index contributed by atoms with van der Waals surface area (Å²) < 4.78 is 40.6. The first-order valence-electron chi connectivity index (χ1n) is 6.11. The van der Waals surface area contributed by atoms with E-state index in [-0.39, 0.29) is 11.4 Å². The van der Waals surface area contributed by atoms with Crippen molar-refractivity contribution in [1.29, 1.82) is 0 Å². The normalized spacial score (nSPS) is 11.4. The van der Waals surface area contributed by atoms with Gasteiger partial charge in [-0.15, -0.1) is 0 Å². The molecule has 2 aromatic carbocycles. The lowest BCUT2D eigenvalue weighted by Gasteiger charge is -2.13. The van der Waals surface area contributed by atoms with Gasteiger partial charge in [0.2, 0.25) is 0 Å². The van der Waals surface area contributed by atoms with Crippen LogP contribution in [0.5, 0.6) is 0 Å². The highest BCUT2D eigenvalue weighted by atomic mass is 35.5. The number of sulfonamides is 1. The van der Waals surface area contributed by atoms with Gasteiger partial charge in [0, 0.05) is 11.6 Å². The van der Waals surface area contributed by atoms with E-state index in [1.807, 2.05) is 0 Å². The summed E-state index contributed by atoms with van der Waals surface area (Å²) in [5, 5.41) is 0.400. The third kappa shape index (κ3) is 3.53. The van der Waals surface area contributed by atoms with Crippen LogP contribution in [0.1, 0.15) is 11.1 Å². The Morgan fingerprint density at radius 2 is 1.95 bits per heavy atom. The third-order valence-corrected chi connectivity index (χ3v) is 4.67. The zero-order chi connectivity index (χ0) is 15.6. The highest BCUT2D eigenvalue weighted by Crippen LogP contribution is 2.25. The van der Waals surface area contributed by atoms with Gasteiger partial charge in [0.05, 0.1) is 10.6 Å². The van der Waals surface area contributed by atoms with Crippen molar-refractivity contribution in [3.63, 3.8) is 0 Å². The molecule has 4 nitrogen and oxygen atoms in total. The fraction of sp³-hybridized carbons (Fsp3) is 0.143. The topological polar surface area (TPSA) is 72.2 Å². The van der Waals surface area contributed by atoms with Gasteiger partial charge in [-0.2, -0.15) is 0 Å². The zero-order valence-corrected chi connectivity index (χ0v) is 12.8. The number of hydrogen-bond acceptors (Lipinski definition) is 3. The Morgan fingerprint density at radius 1 is 1.24 bits per heavy atom. The van der Waals surface area contributed by atoms with E-state index in [1.54, 1.807) is 19.1 Å². The highest BCUT2D eigenvalue weighted by molar-refractivity contribution is 7.92. The summed E-state index contributed by atoms with van der Waals surface area (Å²) in [6.45, 7) is 1.73. The van der Waals surface area contributed by atoms with E-state index in [4.69, 9.17) is 17.3 Å². The van der Waals surface area contributed by atoms with Gasteiger partial charge >= 0.3 is 0 Å². The fourth-order valence-corrected chi connectivity index (χ4v) is 3.41. The Kier molecular flexibility index (Phi) is 4.51. The van der Waals surface area contributed by atoms with E-state index in [0.29, 0.717) is 21.8 Å². The van der Waals surface area contributed by atoms with Gasteiger partial charge in [-0.1, -0.05) is 23.7 Å². The van der Waals surface area contributed by atoms with Crippen LogP contribution in [-0.2, 0) is 16.6 Å².